The van der Waals surface area contributed by atoms with Crippen molar-refractivity contribution in [2.45, 2.75) is 20.4 Å². The van der Waals surface area contributed by atoms with Gasteiger partial charge in [0.15, 0.2) is 0 Å². The Kier molecular flexibility index (Phi) is 6.49. The van der Waals surface area contributed by atoms with Crippen LogP contribution in [0.1, 0.15) is 19.4 Å². The maximum Gasteiger partial charge on any atom is 0.243 e. The molecule has 1 atom stereocenters. The van der Waals surface area contributed by atoms with Gasteiger partial charge in [0.25, 0.3) is 0 Å². The molecule has 27 heavy (non-hydrogen) atoms. The number of hydrogen-bond donors (Lipinski definition) is 2. The molecule has 1 aromatic carbocycles. The van der Waals surface area contributed by atoms with Gasteiger partial charge in [0.1, 0.15) is 11.7 Å². The van der Waals surface area contributed by atoms with E-state index in [1.807, 2.05) is 30.3 Å². The molecule has 1 aliphatic rings. The summed E-state index contributed by atoms with van der Waals surface area (Å²) in [5, 5.41) is 24.4. The largest absolute Gasteiger partial charge is 0.497 e. The van der Waals surface area contributed by atoms with E-state index < -0.39 is 17.2 Å². The van der Waals surface area contributed by atoms with E-state index in [2.05, 4.69) is 16.7 Å². The zero-order valence-corrected chi connectivity index (χ0v) is 16.1. The van der Waals surface area contributed by atoms with E-state index in [4.69, 9.17) is 4.74 Å². The van der Waals surface area contributed by atoms with Crippen LogP contribution < -0.4 is 15.4 Å². The van der Waals surface area contributed by atoms with Crippen LogP contribution in [-0.4, -0.2) is 24.7 Å². The Morgan fingerprint density at radius 1 is 1.33 bits per heavy atom. The van der Waals surface area contributed by atoms with Crippen LogP contribution in [0.4, 0.5) is 0 Å². The zero-order chi connectivity index (χ0) is 20.0. The minimum Gasteiger partial charge on any atom is -0.497 e. The summed E-state index contributed by atoms with van der Waals surface area (Å²) in [4.78, 5) is 24.2. The van der Waals surface area contributed by atoms with Gasteiger partial charge in [-0.1, -0.05) is 37.7 Å². The number of ether oxygens (including phenoxy) is 1. The van der Waals surface area contributed by atoms with Crippen LogP contribution in [0.15, 0.2) is 34.9 Å². The topological polar surface area (TPSA) is 115 Å². The minimum absolute atomic E-state index is 0.0459. The molecule has 8 heteroatoms. The zero-order valence-electron chi connectivity index (χ0n) is 15.3. The highest BCUT2D eigenvalue weighted by Gasteiger charge is 2.44. The van der Waals surface area contributed by atoms with Gasteiger partial charge in [-0.15, -0.1) is 0 Å². The van der Waals surface area contributed by atoms with E-state index in [0.717, 1.165) is 23.1 Å². The summed E-state index contributed by atoms with van der Waals surface area (Å²) < 4.78 is 5.09. The van der Waals surface area contributed by atoms with Crippen molar-refractivity contribution >= 4 is 23.6 Å². The first-order chi connectivity index (χ1) is 12.8. The lowest BCUT2D eigenvalue weighted by molar-refractivity contribution is -0.125. The van der Waals surface area contributed by atoms with E-state index in [1.54, 1.807) is 21.0 Å². The van der Waals surface area contributed by atoms with E-state index in [1.165, 1.54) is 0 Å². The van der Waals surface area contributed by atoms with Crippen LogP contribution in [0.5, 0.6) is 5.75 Å². The molecular weight excluding hydrogens is 364 g/mol. The highest BCUT2D eigenvalue weighted by atomic mass is 32.2. The normalized spacial score (nSPS) is 18.1. The number of methoxy groups -OCH3 is 1. The molecule has 2 N–H and O–H groups in total. The van der Waals surface area contributed by atoms with E-state index in [0.29, 0.717) is 17.1 Å². The molecular formula is C19H20N4O3S. The number of nitrogens with one attached hydrogen (secondary N) is 2. The third-order valence-electron chi connectivity index (χ3n) is 4.33. The molecule has 1 heterocycles. The smallest absolute Gasteiger partial charge is 0.243 e. The predicted octanol–water partition coefficient (Wildman–Crippen LogP) is 2.08. The average Bonchev–Trinajstić information content (AvgIpc) is 2.64. The summed E-state index contributed by atoms with van der Waals surface area (Å²) >= 11 is 1.08. The second-order valence-corrected chi connectivity index (χ2v) is 7.49. The highest BCUT2D eigenvalue weighted by Crippen LogP contribution is 2.41. The van der Waals surface area contributed by atoms with Gasteiger partial charge >= 0.3 is 0 Å². The quantitative estimate of drug-likeness (QED) is 0.776. The molecule has 0 aromatic heterocycles. The summed E-state index contributed by atoms with van der Waals surface area (Å²) in [7, 11) is 1.59. The number of carbonyl (C=O) groups excluding carboxylic acids is 2. The molecule has 0 saturated carbocycles. The van der Waals surface area contributed by atoms with Crippen molar-refractivity contribution in [2.24, 2.45) is 11.3 Å². The van der Waals surface area contributed by atoms with Crippen molar-refractivity contribution in [1.82, 2.24) is 10.6 Å². The van der Waals surface area contributed by atoms with Gasteiger partial charge in [-0.25, -0.2) is 0 Å². The van der Waals surface area contributed by atoms with Crippen LogP contribution in [0.2, 0.25) is 0 Å². The fourth-order valence-corrected chi connectivity index (χ4v) is 3.67. The van der Waals surface area contributed by atoms with Gasteiger partial charge in [-0.05, 0) is 17.7 Å². The first kappa shape index (κ1) is 20.3. The lowest BCUT2D eigenvalue weighted by atomic mass is 9.72. The van der Waals surface area contributed by atoms with Crippen molar-refractivity contribution in [3.8, 4) is 17.9 Å². The molecule has 0 aliphatic carbocycles. The number of amides is 2. The number of thioether (sulfide) groups is 1. The van der Waals surface area contributed by atoms with Crippen LogP contribution in [0.25, 0.3) is 0 Å². The van der Waals surface area contributed by atoms with Crippen molar-refractivity contribution in [3.05, 3.63) is 40.4 Å². The summed E-state index contributed by atoms with van der Waals surface area (Å²) in [6, 6.07) is 11.3. The molecule has 1 aliphatic heterocycles. The average molecular weight is 384 g/mol. The van der Waals surface area contributed by atoms with Crippen molar-refractivity contribution in [3.63, 3.8) is 0 Å². The molecule has 0 spiro atoms. The molecule has 0 radical (unpaired) electrons. The van der Waals surface area contributed by atoms with E-state index >= 15 is 0 Å². The number of rotatable bonds is 6. The SMILES string of the molecule is COc1ccc(CNC(=O)CSC2=C(C#N)C(C)(C)[C@H](C#N)C(=O)N2)cc1. The molecule has 2 rings (SSSR count). The first-order valence-corrected chi connectivity index (χ1v) is 9.19. The van der Waals surface area contributed by atoms with Gasteiger partial charge in [0, 0.05) is 12.0 Å². The summed E-state index contributed by atoms with van der Waals surface area (Å²) in [5.74, 6) is -0.842. The Bertz CT molecular complexity index is 847. The first-order valence-electron chi connectivity index (χ1n) is 8.21. The third kappa shape index (κ3) is 4.60. The Hall–Kier alpha value is -2.97. The molecule has 140 valence electrons. The molecule has 0 fully saturated rings. The van der Waals surface area contributed by atoms with E-state index in [-0.39, 0.29) is 11.7 Å². The number of nitrogens with zero attached hydrogens (tertiary/aromatic N) is 2. The van der Waals surface area contributed by atoms with Crippen molar-refractivity contribution < 1.29 is 14.3 Å². The van der Waals surface area contributed by atoms with Crippen LogP contribution in [0, 0.1) is 34.0 Å². The number of nitriles is 2. The Morgan fingerprint density at radius 2 is 2.00 bits per heavy atom. The number of carbonyl (C=O) groups is 2. The minimum atomic E-state index is -0.944. The summed E-state index contributed by atoms with van der Waals surface area (Å²) in [6.45, 7) is 3.73. The third-order valence-corrected chi connectivity index (χ3v) is 5.33. The van der Waals surface area contributed by atoms with E-state index in [9.17, 15) is 20.1 Å². The highest BCUT2D eigenvalue weighted by molar-refractivity contribution is 8.03. The molecule has 0 unspecified atom stereocenters. The maximum absolute atomic E-state index is 12.1. The monoisotopic (exact) mass is 384 g/mol. The summed E-state index contributed by atoms with van der Waals surface area (Å²) in [5.41, 5.74) is 0.324. The van der Waals surface area contributed by atoms with Gasteiger partial charge in [0.05, 0.1) is 35.6 Å². The van der Waals surface area contributed by atoms with Gasteiger partial charge < -0.3 is 15.4 Å². The predicted molar refractivity (Wildman–Crippen MR) is 101 cm³/mol. The second-order valence-electron chi connectivity index (χ2n) is 6.50. The number of hydrogen-bond acceptors (Lipinski definition) is 6. The van der Waals surface area contributed by atoms with Gasteiger partial charge in [-0.3, -0.25) is 9.59 Å². The molecule has 0 saturated heterocycles. The Labute approximate surface area is 162 Å². The molecule has 2 amide bonds. The van der Waals surface area contributed by atoms with Crippen LogP contribution >= 0.6 is 11.8 Å². The van der Waals surface area contributed by atoms with Crippen molar-refractivity contribution in [2.75, 3.05) is 12.9 Å². The fourth-order valence-electron chi connectivity index (χ4n) is 2.67. The number of allylic oxidation sites excluding steroid dienone is 1. The molecule has 7 nitrogen and oxygen atoms in total. The Balaban J connectivity index is 1.98. The van der Waals surface area contributed by atoms with Gasteiger partial charge in [-0.2, -0.15) is 10.5 Å². The molecule has 1 aromatic rings. The Morgan fingerprint density at radius 3 is 2.56 bits per heavy atom. The number of benzene rings is 1. The molecule has 0 bridgehead atoms. The maximum atomic E-state index is 12.1. The lowest BCUT2D eigenvalue weighted by Crippen LogP contribution is -2.44. The summed E-state index contributed by atoms with van der Waals surface area (Å²) in [6.07, 6.45) is 0. The van der Waals surface area contributed by atoms with Gasteiger partial charge in [0.2, 0.25) is 11.8 Å². The fraction of sp³-hybridized carbons (Fsp3) is 0.368. The standard InChI is InChI=1S/C19H20N4O3S/c1-19(2)14(8-20)17(25)23-18(15(19)9-21)27-11-16(24)22-10-12-4-6-13(26-3)7-5-12/h4-7,14H,10-11H2,1-3H3,(H,22,24)(H,23,25)/t14-/m1/s1. The lowest BCUT2D eigenvalue weighted by Gasteiger charge is -2.34. The second kappa shape index (κ2) is 8.61. The van der Waals surface area contributed by atoms with Crippen LogP contribution in [-0.2, 0) is 16.1 Å². The van der Waals surface area contributed by atoms with Crippen LogP contribution in [0.3, 0.4) is 0 Å². The van der Waals surface area contributed by atoms with Crippen molar-refractivity contribution in [1.29, 1.82) is 10.5 Å².